The summed E-state index contributed by atoms with van der Waals surface area (Å²) in [5, 5.41) is 0. The molecule has 0 heterocycles. The van der Waals surface area contributed by atoms with Crippen LogP contribution in [0.3, 0.4) is 0 Å². The van der Waals surface area contributed by atoms with Crippen molar-refractivity contribution in [1.29, 1.82) is 0 Å². The Balaban J connectivity index is 0. The Morgan fingerprint density at radius 3 is 1.38 bits per heavy atom. The molecule has 0 aliphatic carbocycles. The van der Waals surface area contributed by atoms with Crippen molar-refractivity contribution >= 4 is 0 Å². The summed E-state index contributed by atoms with van der Waals surface area (Å²) < 4.78 is 32.4. The van der Waals surface area contributed by atoms with Crippen LogP contribution < -0.4 is 11.7 Å². The third-order valence-electron chi connectivity index (χ3n) is 0.401. The van der Waals surface area contributed by atoms with Gasteiger partial charge in [-0.25, -0.2) is 0 Å². The summed E-state index contributed by atoms with van der Waals surface area (Å²) in [5.74, 6) is 8.00. The van der Waals surface area contributed by atoms with Crippen molar-refractivity contribution in [2.75, 3.05) is 0 Å². The Hall–Kier alpha value is -0.290. The molecule has 0 fully saturated rings. The fourth-order valence-corrected chi connectivity index (χ4v) is 0. The summed E-state index contributed by atoms with van der Waals surface area (Å²) >= 11 is 0. The van der Waals surface area contributed by atoms with Crippen molar-refractivity contribution in [3.8, 4) is 0 Å². The SMILES string of the molecule is CCC(F)(F)F.NN. The van der Waals surface area contributed by atoms with Crippen LogP contribution in [0.5, 0.6) is 0 Å². The number of rotatable bonds is 0. The largest absolute Gasteiger partial charge is 0.388 e. The lowest BCUT2D eigenvalue weighted by molar-refractivity contribution is -0.130. The van der Waals surface area contributed by atoms with E-state index in [0.29, 0.717) is 0 Å². The van der Waals surface area contributed by atoms with Crippen molar-refractivity contribution < 1.29 is 13.2 Å². The van der Waals surface area contributed by atoms with E-state index in [0.717, 1.165) is 6.92 Å². The molecule has 0 aromatic rings. The van der Waals surface area contributed by atoms with Gasteiger partial charge >= 0.3 is 6.18 Å². The quantitative estimate of drug-likeness (QED) is 0.376. The highest BCUT2D eigenvalue weighted by Gasteiger charge is 2.22. The van der Waals surface area contributed by atoms with Crippen LogP contribution in [0.25, 0.3) is 0 Å². The van der Waals surface area contributed by atoms with Gasteiger partial charge in [-0.15, -0.1) is 0 Å². The van der Waals surface area contributed by atoms with E-state index in [1.54, 1.807) is 0 Å². The van der Waals surface area contributed by atoms with E-state index in [1.165, 1.54) is 0 Å². The maximum Gasteiger partial charge on any atom is 0.388 e. The zero-order valence-corrected chi connectivity index (χ0v) is 4.50. The van der Waals surface area contributed by atoms with Gasteiger partial charge < -0.3 is 0 Å². The maximum absolute atomic E-state index is 10.8. The van der Waals surface area contributed by atoms with Crippen LogP contribution in [0.15, 0.2) is 0 Å². The van der Waals surface area contributed by atoms with E-state index in [4.69, 9.17) is 0 Å². The predicted molar refractivity (Wildman–Crippen MR) is 24.7 cm³/mol. The fourth-order valence-electron chi connectivity index (χ4n) is 0. The number of hydrazine groups is 1. The summed E-state index contributed by atoms with van der Waals surface area (Å²) in [6, 6.07) is 0. The molecule has 2 nitrogen and oxygen atoms in total. The number of halogens is 3. The molecule has 4 N–H and O–H groups in total. The molecule has 0 saturated carbocycles. The van der Waals surface area contributed by atoms with E-state index in [-0.39, 0.29) is 0 Å². The van der Waals surface area contributed by atoms with E-state index in [2.05, 4.69) is 11.7 Å². The molecule has 0 bridgehead atoms. The molecule has 8 heavy (non-hydrogen) atoms. The second-order valence-electron chi connectivity index (χ2n) is 0.969. The Morgan fingerprint density at radius 2 is 1.38 bits per heavy atom. The van der Waals surface area contributed by atoms with Gasteiger partial charge in [0.2, 0.25) is 0 Å². The zero-order valence-electron chi connectivity index (χ0n) is 4.50. The molecule has 0 saturated heterocycles. The summed E-state index contributed by atoms with van der Waals surface area (Å²) in [7, 11) is 0. The molecule has 0 atom stereocenters. The molecule has 0 spiro atoms. The summed E-state index contributed by atoms with van der Waals surface area (Å²) in [4.78, 5) is 0. The molecule has 0 aliphatic rings. The van der Waals surface area contributed by atoms with Crippen LogP contribution in [-0.4, -0.2) is 6.18 Å². The lowest BCUT2D eigenvalue weighted by Gasteiger charge is -1.96. The molecule has 0 amide bonds. The average molecular weight is 130 g/mol. The highest BCUT2D eigenvalue weighted by Crippen LogP contribution is 2.17. The molecule has 0 aromatic heterocycles. The minimum atomic E-state index is -3.96. The Kier molecular flexibility index (Phi) is 6.47. The zero-order chi connectivity index (χ0) is 7.21. The number of hydrogen-bond donors (Lipinski definition) is 2. The highest BCUT2D eigenvalue weighted by atomic mass is 19.4. The summed E-state index contributed by atoms with van der Waals surface area (Å²) in [6.45, 7) is 1.08. The third kappa shape index (κ3) is 17.2. The minimum Gasteiger partial charge on any atom is -0.274 e. The predicted octanol–water partition coefficient (Wildman–Crippen LogP) is 0.778. The van der Waals surface area contributed by atoms with Crippen LogP contribution in [-0.2, 0) is 0 Å². The number of hydrogen-bond acceptors (Lipinski definition) is 2. The molecular weight excluding hydrogens is 121 g/mol. The van der Waals surface area contributed by atoms with Crippen molar-refractivity contribution in [1.82, 2.24) is 0 Å². The first kappa shape index (κ1) is 10.6. The lowest BCUT2D eigenvalue weighted by atomic mass is 10.5. The van der Waals surface area contributed by atoms with Gasteiger partial charge in [0.1, 0.15) is 0 Å². The second-order valence-corrected chi connectivity index (χ2v) is 0.969. The van der Waals surface area contributed by atoms with Gasteiger partial charge in [0.15, 0.2) is 0 Å². The van der Waals surface area contributed by atoms with Crippen LogP contribution in [0.4, 0.5) is 13.2 Å². The first-order valence-corrected chi connectivity index (χ1v) is 1.96. The standard InChI is InChI=1S/C3H5F3.H4N2/c1-2-3(4,5)6;1-2/h2H2,1H3;1-2H2. The second kappa shape index (κ2) is 4.86. The number of nitrogens with two attached hydrogens (primary N) is 2. The molecule has 52 valence electrons. The highest BCUT2D eigenvalue weighted by molar-refractivity contribution is 4.39. The van der Waals surface area contributed by atoms with Gasteiger partial charge in [0.05, 0.1) is 0 Å². The van der Waals surface area contributed by atoms with Gasteiger partial charge in [-0.1, -0.05) is 6.92 Å². The van der Waals surface area contributed by atoms with Crippen LogP contribution in [0.2, 0.25) is 0 Å². The van der Waals surface area contributed by atoms with Crippen LogP contribution in [0, 0.1) is 0 Å². The Labute approximate surface area is 45.6 Å². The van der Waals surface area contributed by atoms with Gasteiger partial charge in [0, 0.05) is 6.42 Å². The van der Waals surface area contributed by atoms with Gasteiger partial charge in [-0.3, -0.25) is 11.7 Å². The maximum atomic E-state index is 10.8. The Bertz CT molecular complexity index is 42.3. The average Bonchev–Trinajstić information content (AvgIpc) is 1.71. The fraction of sp³-hybridized carbons (Fsp3) is 1.00. The normalized spacial score (nSPS) is 9.75. The van der Waals surface area contributed by atoms with Crippen LogP contribution >= 0.6 is 0 Å². The topological polar surface area (TPSA) is 52.0 Å². The van der Waals surface area contributed by atoms with E-state index < -0.39 is 12.6 Å². The monoisotopic (exact) mass is 130 g/mol. The van der Waals surface area contributed by atoms with Gasteiger partial charge in [0.25, 0.3) is 0 Å². The van der Waals surface area contributed by atoms with Crippen molar-refractivity contribution in [2.24, 2.45) is 11.7 Å². The summed E-state index contributed by atoms with van der Waals surface area (Å²) in [6.07, 6.45) is -4.69. The molecule has 5 heteroatoms. The first-order chi connectivity index (χ1) is 3.56. The molecule has 0 unspecified atom stereocenters. The lowest BCUT2D eigenvalue weighted by Crippen LogP contribution is -2.02. The summed E-state index contributed by atoms with van der Waals surface area (Å²) in [5.41, 5.74) is 0. The van der Waals surface area contributed by atoms with E-state index in [9.17, 15) is 13.2 Å². The molecule has 0 radical (unpaired) electrons. The number of alkyl halides is 3. The van der Waals surface area contributed by atoms with Crippen molar-refractivity contribution in [3.63, 3.8) is 0 Å². The van der Waals surface area contributed by atoms with Crippen molar-refractivity contribution in [3.05, 3.63) is 0 Å². The minimum absolute atomic E-state index is 0.729. The molecule has 0 aliphatic heterocycles. The third-order valence-corrected chi connectivity index (χ3v) is 0.401. The molecule has 0 rings (SSSR count). The smallest absolute Gasteiger partial charge is 0.274 e. The molecular formula is C3H9F3N2. The first-order valence-electron chi connectivity index (χ1n) is 1.96. The van der Waals surface area contributed by atoms with E-state index >= 15 is 0 Å². The van der Waals surface area contributed by atoms with E-state index in [1.807, 2.05) is 0 Å². The molecule has 0 aromatic carbocycles. The van der Waals surface area contributed by atoms with Gasteiger partial charge in [-0.05, 0) is 0 Å². The Morgan fingerprint density at radius 1 is 1.25 bits per heavy atom. The van der Waals surface area contributed by atoms with Crippen LogP contribution in [0.1, 0.15) is 13.3 Å². The van der Waals surface area contributed by atoms with Crippen molar-refractivity contribution in [2.45, 2.75) is 19.5 Å². The van der Waals surface area contributed by atoms with Gasteiger partial charge in [-0.2, -0.15) is 13.2 Å².